The molecule has 1 aliphatic rings. The lowest BCUT2D eigenvalue weighted by Gasteiger charge is -2.28. The number of aromatic nitrogens is 1. The minimum Gasteiger partial charge on any atom is -0.306 e. The highest BCUT2D eigenvalue weighted by Crippen LogP contribution is 2.31. The van der Waals surface area contributed by atoms with Crippen molar-refractivity contribution in [3.63, 3.8) is 0 Å². The third kappa shape index (κ3) is 2.75. The predicted molar refractivity (Wildman–Crippen MR) is 80.5 cm³/mol. The summed E-state index contributed by atoms with van der Waals surface area (Å²) in [6.45, 7) is 0.886. The lowest BCUT2D eigenvalue weighted by atomic mass is 9.99. The Morgan fingerprint density at radius 1 is 1.21 bits per heavy atom. The van der Waals surface area contributed by atoms with Gasteiger partial charge >= 0.3 is 0 Å². The van der Waals surface area contributed by atoms with Crippen LogP contribution in [0.3, 0.4) is 0 Å². The van der Waals surface area contributed by atoms with E-state index in [0.717, 1.165) is 12.1 Å². The third-order valence-electron chi connectivity index (χ3n) is 4.15. The second-order valence-electron chi connectivity index (χ2n) is 5.51. The third-order valence-corrected chi connectivity index (χ3v) is 4.66. The van der Waals surface area contributed by atoms with Crippen LogP contribution in [0.5, 0.6) is 0 Å². The number of halogens is 1. The van der Waals surface area contributed by atoms with Gasteiger partial charge in [-0.05, 0) is 36.6 Å². The number of fused-ring (bicyclic) bond motifs is 1. The summed E-state index contributed by atoms with van der Waals surface area (Å²) in [6, 6.07) is 10.6. The van der Waals surface area contributed by atoms with Gasteiger partial charge in [-0.1, -0.05) is 25.0 Å². The molecule has 2 aromatic rings. The molecule has 1 heterocycles. The number of nitrogens with one attached hydrogen (secondary N) is 1. The van der Waals surface area contributed by atoms with E-state index in [1.165, 1.54) is 36.6 Å². The molecule has 1 aromatic heterocycles. The maximum absolute atomic E-state index is 6.15. The van der Waals surface area contributed by atoms with Gasteiger partial charge in [0.1, 0.15) is 0 Å². The zero-order chi connectivity index (χ0) is 13.1. The van der Waals surface area contributed by atoms with Crippen LogP contribution in [0.15, 0.2) is 36.5 Å². The van der Waals surface area contributed by atoms with Crippen molar-refractivity contribution in [2.75, 3.05) is 5.88 Å². The van der Waals surface area contributed by atoms with E-state index in [4.69, 9.17) is 11.6 Å². The van der Waals surface area contributed by atoms with Gasteiger partial charge in [0.15, 0.2) is 0 Å². The number of alkyl halides is 1. The largest absolute Gasteiger partial charge is 0.306 e. The van der Waals surface area contributed by atoms with E-state index in [-0.39, 0.29) is 5.54 Å². The normalized spacial score (nSPS) is 17.9. The standard InChI is InChI=1S/C16H19ClN2/c17-12-16(7-1-2-8-16)19-11-13-5-6-15-14(10-13)4-3-9-18-15/h3-6,9-10,19H,1-2,7-8,11-12H2. The Hall–Kier alpha value is -1.12. The Labute approximate surface area is 119 Å². The molecule has 3 heteroatoms. The summed E-state index contributed by atoms with van der Waals surface area (Å²) in [6.07, 6.45) is 6.82. The van der Waals surface area contributed by atoms with Gasteiger partial charge in [0.2, 0.25) is 0 Å². The fourth-order valence-corrected chi connectivity index (χ4v) is 3.30. The van der Waals surface area contributed by atoms with Gasteiger partial charge in [0.25, 0.3) is 0 Å². The molecule has 1 aromatic carbocycles. The summed E-state index contributed by atoms with van der Waals surface area (Å²) in [5.74, 6) is 0.710. The van der Waals surface area contributed by atoms with Gasteiger partial charge < -0.3 is 5.32 Å². The van der Waals surface area contributed by atoms with Crippen molar-refractivity contribution in [2.24, 2.45) is 0 Å². The first-order valence-electron chi connectivity index (χ1n) is 6.96. The van der Waals surface area contributed by atoms with Crippen LogP contribution in [0, 0.1) is 0 Å². The molecule has 1 saturated carbocycles. The highest BCUT2D eigenvalue weighted by molar-refractivity contribution is 6.18. The molecule has 0 amide bonds. The van der Waals surface area contributed by atoms with Crippen LogP contribution in [0.25, 0.3) is 10.9 Å². The first kappa shape index (κ1) is 12.9. The Kier molecular flexibility index (Phi) is 3.72. The molecular formula is C16H19ClN2. The smallest absolute Gasteiger partial charge is 0.0702 e. The minimum atomic E-state index is 0.158. The molecule has 0 spiro atoms. The molecule has 0 radical (unpaired) electrons. The summed E-state index contributed by atoms with van der Waals surface area (Å²) in [5.41, 5.74) is 2.52. The quantitative estimate of drug-likeness (QED) is 0.856. The number of rotatable bonds is 4. The number of benzene rings is 1. The van der Waals surface area contributed by atoms with Gasteiger partial charge in [0.05, 0.1) is 5.52 Å². The monoisotopic (exact) mass is 274 g/mol. The van der Waals surface area contributed by atoms with E-state index >= 15 is 0 Å². The van der Waals surface area contributed by atoms with E-state index in [9.17, 15) is 0 Å². The van der Waals surface area contributed by atoms with Gasteiger partial charge in [-0.25, -0.2) is 0 Å². The Morgan fingerprint density at radius 2 is 2.05 bits per heavy atom. The number of pyridine rings is 1. The second kappa shape index (κ2) is 5.48. The molecule has 1 N–H and O–H groups in total. The molecule has 2 nitrogen and oxygen atoms in total. The average molecular weight is 275 g/mol. The van der Waals surface area contributed by atoms with Crippen molar-refractivity contribution in [3.8, 4) is 0 Å². The van der Waals surface area contributed by atoms with E-state index in [0.29, 0.717) is 5.88 Å². The predicted octanol–water partition coefficient (Wildman–Crippen LogP) is 3.88. The first-order valence-corrected chi connectivity index (χ1v) is 7.49. The van der Waals surface area contributed by atoms with Crippen LogP contribution >= 0.6 is 11.6 Å². The van der Waals surface area contributed by atoms with Crippen LogP contribution < -0.4 is 5.32 Å². The zero-order valence-electron chi connectivity index (χ0n) is 11.0. The summed E-state index contributed by atoms with van der Waals surface area (Å²) < 4.78 is 0. The fourth-order valence-electron chi connectivity index (χ4n) is 2.93. The number of hydrogen-bond acceptors (Lipinski definition) is 2. The SMILES string of the molecule is ClCC1(NCc2ccc3ncccc3c2)CCCC1. The van der Waals surface area contributed by atoms with Crippen molar-refractivity contribution in [1.82, 2.24) is 10.3 Å². The highest BCUT2D eigenvalue weighted by atomic mass is 35.5. The van der Waals surface area contributed by atoms with Crippen LogP contribution in [-0.4, -0.2) is 16.4 Å². The fraction of sp³-hybridized carbons (Fsp3) is 0.438. The van der Waals surface area contributed by atoms with Crippen molar-refractivity contribution in [1.29, 1.82) is 0 Å². The first-order chi connectivity index (χ1) is 9.31. The van der Waals surface area contributed by atoms with Gasteiger partial charge in [0, 0.05) is 29.5 Å². The number of hydrogen-bond donors (Lipinski definition) is 1. The zero-order valence-corrected chi connectivity index (χ0v) is 11.8. The van der Waals surface area contributed by atoms with Crippen LogP contribution in [0.2, 0.25) is 0 Å². The molecule has 0 bridgehead atoms. The van der Waals surface area contributed by atoms with E-state index in [1.54, 1.807) is 0 Å². The Morgan fingerprint density at radius 3 is 2.84 bits per heavy atom. The maximum atomic E-state index is 6.15. The van der Waals surface area contributed by atoms with Crippen molar-refractivity contribution >= 4 is 22.5 Å². The summed E-state index contributed by atoms with van der Waals surface area (Å²) in [4.78, 5) is 4.35. The molecule has 0 atom stereocenters. The summed E-state index contributed by atoms with van der Waals surface area (Å²) >= 11 is 6.15. The van der Waals surface area contributed by atoms with Gasteiger partial charge in [-0.3, -0.25) is 4.98 Å². The van der Waals surface area contributed by atoms with Crippen LogP contribution in [0.1, 0.15) is 31.2 Å². The molecular weight excluding hydrogens is 256 g/mol. The molecule has 3 rings (SSSR count). The van der Waals surface area contributed by atoms with E-state index < -0.39 is 0 Å². The molecule has 0 aliphatic heterocycles. The van der Waals surface area contributed by atoms with Crippen LogP contribution in [-0.2, 0) is 6.54 Å². The molecule has 0 saturated heterocycles. The lowest BCUT2D eigenvalue weighted by molar-refractivity contribution is 0.368. The van der Waals surface area contributed by atoms with E-state index in [2.05, 4.69) is 34.6 Å². The highest BCUT2D eigenvalue weighted by Gasteiger charge is 2.32. The molecule has 1 aliphatic carbocycles. The molecule has 1 fully saturated rings. The van der Waals surface area contributed by atoms with Gasteiger partial charge in [-0.2, -0.15) is 0 Å². The minimum absolute atomic E-state index is 0.158. The average Bonchev–Trinajstić information content (AvgIpc) is 2.94. The summed E-state index contributed by atoms with van der Waals surface area (Å²) in [7, 11) is 0. The van der Waals surface area contributed by atoms with Crippen molar-refractivity contribution in [3.05, 3.63) is 42.1 Å². The van der Waals surface area contributed by atoms with Crippen molar-refractivity contribution < 1.29 is 0 Å². The topological polar surface area (TPSA) is 24.9 Å². The van der Waals surface area contributed by atoms with Crippen LogP contribution in [0.4, 0.5) is 0 Å². The Balaban J connectivity index is 1.74. The Bertz CT molecular complexity index is 561. The molecule has 19 heavy (non-hydrogen) atoms. The molecule has 100 valence electrons. The lowest BCUT2D eigenvalue weighted by Crippen LogP contribution is -2.43. The summed E-state index contributed by atoms with van der Waals surface area (Å²) in [5, 5.41) is 4.88. The number of nitrogens with zero attached hydrogens (tertiary/aromatic N) is 1. The molecule has 0 unspecified atom stereocenters. The second-order valence-corrected chi connectivity index (χ2v) is 5.77. The van der Waals surface area contributed by atoms with Crippen molar-refractivity contribution in [2.45, 2.75) is 37.8 Å². The van der Waals surface area contributed by atoms with E-state index in [1.807, 2.05) is 12.3 Å². The van der Waals surface area contributed by atoms with Gasteiger partial charge in [-0.15, -0.1) is 11.6 Å². The maximum Gasteiger partial charge on any atom is 0.0702 e.